The van der Waals surface area contributed by atoms with E-state index in [9.17, 15) is 5.11 Å². The number of thioether (sulfide) groups is 1. The maximum absolute atomic E-state index is 9.24. The van der Waals surface area contributed by atoms with E-state index in [0.29, 0.717) is 46.7 Å². The number of aliphatic hydroxyl groups is 1. The summed E-state index contributed by atoms with van der Waals surface area (Å²) < 4.78 is 39.7. The summed E-state index contributed by atoms with van der Waals surface area (Å²) in [6.07, 6.45) is 8.84. The molecule has 8 bridgehead atoms. The van der Waals surface area contributed by atoms with E-state index in [-0.39, 0.29) is 71.2 Å². The quantitative estimate of drug-likeness (QED) is 0.334. The summed E-state index contributed by atoms with van der Waals surface area (Å²) in [5.74, 6) is 4.68. The zero-order valence-corrected chi connectivity index (χ0v) is 38.1. The Labute approximate surface area is 358 Å². The van der Waals surface area contributed by atoms with Crippen LogP contribution in [0, 0.1) is 41.4 Å². The topological polar surface area (TPSA) is 84.8 Å². The molecule has 20 atom stereocenters. The maximum Gasteiger partial charge on any atom is 0.112 e. The van der Waals surface area contributed by atoms with E-state index < -0.39 is 5.60 Å². The highest BCUT2D eigenvalue weighted by Gasteiger charge is 2.57. The van der Waals surface area contributed by atoms with Crippen molar-refractivity contribution in [3.63, 3.8) is 0 Å². The van der Waals surface area contributed by atoms with Crippen LogP contribution >= 0.6 is 11.8 Å². The first-order chi connectivity index (χ1) is 26.8. The van der Waals surface area contributed by atoms with E-state index in [1.165, 1.54) is 12.8 Å². The number of hydrogen-bond donors (Lipinski definition) is 1. The monoisotopic (exact) mass is 805 g/mol. The van der Waals surface area contributed by atoms with Crippen molar-refractivity contribution in [2.45, 2.75) is 203 Å². The summed E-state index contributed by atoms with van der Waals surface area (Å²) in [5.41, 5.74) is -0.163. The van der Waals surface area contributed by atoms with Crippen LogP contribution in [0.2, 0.25) is 0 Å². The van der Waals surface area contributed by atoms with Crippen molar-refractivity contribution < 1.29 is 38.3 Å². The standard InChI is InChI=1S/C9H15BO2.C9H17BO2.C9H15BO.C8H13BO2.C8H13BOS/c1-3-9-4-5-11-7(6(9)2)8(10)12-9;1-4-9(5-11)7(3)6(2)8(10)12-9;1-3-9-5-4-7(6(9)2)8(10)11-9;1-3-8-4-10-6(5(8)2)7(9)11-8;1-3-8-4-11-6(5(8)2)7(9)10-8/h6-8H,3-5H2,1-2H3;6-8,11H,4-5H2,1-3H3;6-8H,3-5H2,1-2H3;2*5-7H,3-4H2,1-2H3/t6?,7-,8+,9-;6-,7?,8-,9-;6?,7-,8+,9-;2*5?,6-,7+,8-/m01000/s1. The van der Waals surface area contributed by atoms with Gasteiger partial charge in [0.25, 0.3) is 0 Å². The molecule has 1 aliphatic carbocycles. The van der Waals surface area contributed by atoms with Crippen LogP contribution in [0.1, 0.15) is 128 Å². The zero-order valence-electron chi connectivity index (χ0n) is 37.2. The predicted octanol–water partition coefficient (Wildman–Crippen LogP) is 5.82. The number of ether oxygens (including phenoxy) is 7. The Kier molecular flexibility index (Phi) is 16.1. The van der Waals surface area contributed by atoms with Gasteiger partial charge in [-0.15, -0.1) is 0 Å². The Morgan fingerprint density at radius 1 is 0.544 bits per heavy atom. The highest BCUT2D eigenvalue weighted by Crippen LogP contribution is 2.54. The molecule has 1 saturated carbocycles. The highest BCUT2D eigenvalue weighted by molar-refractivity contribution is 8.00. The molecule has 0 aromatic heterocycles. The largest absolute Gasteiger partial charge is 0.393 e. The van der Waals surface area contributed by atoms with E-state index in [2.05, 4.69) is 69.2 Å². The van der Waals surface area contributed by atoms with Crippen LogP contribution < -0.4 is 0 Å². The molecular formula is C43H73B5O8S. The van der Waals surface area contributed by atoms with Gasteiger partial charge in [0.15, 0.2) is 0 Å². The van der Waals surface area contributed by atoms with Gasteiger partial charge in [-0.05, 0) is 74.5 Å². The van der Waals surface area contributed by atoms with Gasteiger partial charge < -0.3 is 38.3 Å². The van der Waals surface area contributed by atoms with Crippen LogP contribution in [0.3, 0.4) is 0 Å². The zero-order chi connectivity index (χ0) is 42.3. The summed E-state index contributed by atoms with van der Waals surface area (Å²) in [6.45, 7) is 25.4. The van der Waals surface area contributed by atoms with E-state index >= 15 is 0 Å². The SMILES string of the molecule is [B][C@@H]1O[C@@]2(CC)CCO[C@H]1C2C.[B][C@@H]1O[C@@]2(CC)CC[C@H]1C2C.[B][C@@H]1O[C@@]2(CC)CO[C@H]1C2C.[B][C@@H]1O[C@@]2(CC)CS[C@H]1C2C.[B][C@@H]1O[C@](CC)(CO)C(C)[C@H]1C. The molecule has 0 aromatic rings. The van der Waals surface area contributed by atoms with Gasteiger partial charge >= 0.3 is 0 Å². The molecule has 5 unspecified atom stereocenters. The summed E-state index contributed by atoms with van der Waals surface area (Å²) >= 11 is 1.98. The smallest absolute Gasteiger partial charge is 0.112 e. The van der Waals surface area contributed by atoms with Crippen molar-refractivity contribution in [2.24, 2.45) is 41.4 Å². The molecule has 8 heterocycles. The average molecular weight is 804 g/mol. The lowest BCUT2D eigenvalue weighted by molar-refractivity contribution is -0.115. The van der Waals surface area contributed by atoms with Crippen LogP contribution in [0.25, 0.3) is 0 Å². The molecule has 0 aromatic carbocycles. The van der Waals surface area contributed by atoms with E-state index in [4.69, 9.17) is 72.4 Å². The highest BCUT2D eigenvalue weighted by atomic mass is 32.2. The molecule has 9 aliphatic rings. The third kappa shape index (κ3) is 8.70. The molecule has 9 rings (SSSR count). The van der Waals surface area contributed by atoms with E-state index in [0.717, 1.165) is 57.5 Å². The summed E-state index contributed by atoms with van der Waals surface area (Å²) in [5, 5.41) is 9.79. The molecule has 314 valence electrons. The van der Waals surface area contributed by atoms with Gasteiger partial charge in [-0.1, -0.05) is 76.2 Å². The minimum Gasteiger partial charge on any atom is -0.393 e. The summed E-state index contributed by atoms with van der Waals surface area (Å²) in [7, 11) is 29.0. The minimum absolute atomic E-state index is 0.0105. The Balaban J connectivity index is 0.000000136. The van der Waals surface area contributed by atoms with Gasteiger partial charge in [0.05, 0.1) is 53.4 Å². The average Bonchev–Trinajstić information content (AvgIpc) is 4.04. The fourth-order valence-corrected chi connectivity index (χ4v) is 13.4. The van der Waals surface area contributed by atoms with Crippen molar-refractivity contribution in [2.75, 3.05) is 25.6 Å². The Morgan fingerprint density at radius 3 is 1.39 bits per heavy atom. The first-order valence-electron chi connectivity index (χ1n) is 22.5. The fourth-order valence-electron chi connectivity index (χ4n) is 11.6. The third-order valence-electron chi connectivity index (χ3n) is 16.9. The van der Waals surface area contributed by atoms with Crippen LogP contribution in [-0.4, -0.2) is 145 Å². The van der Waals surface area contributed by atoms with Gasteiger partial charge in [0.1, 0.15) is 39.2 Å². The number of aliphatic hydroxyl groups excluding tert-OH is 1. The van der Waals surface area contributed by atoms with E-state index in [1.807, 2.05) is 18.7 Å². The second-order valence-electron chi connectivity index (χ2n) is 18.8. The minimum atomic E-state index is -0.390. The lowest BCUT2D eigenvalue weighted by Gasteiger charge is -2.36. The van der Waals surface area contributed by atoms with E-state index in [1.54, 1.807) is 0 Å². The van der Waals surface area contributed by atoms with Crippen molar-refractivity contribution in [1.82, 2.24) is 0 Å². The van der Waals surface area contributed by atoms with Crippen molar-refractivity contribution >= 4 is 51.0 Å². The number of fused-ring (bicyclic) bond motifs is 8. The molecule has 9 fully saturated rings. The Hall–Kier alpha value is 0.355. The molecule has 8 saturated heterocycles. The summed E-state index contributed by atoms with van der Waals surface area (Å²) in [6, 6.07) is -0.601. The number of rotatable bonds is 6. The first kappa shape index (κ1) is 48.4. The lowest BCUT2D eigenvalue weighted by atomic mass is 9.77. The Morgan fingerprint density at radius 2 is 1.07 bits per heavy atom. The fraction of sp³-hybridized carbons (Fsp3) is 1.00. The molecular weight excluding hydrogens is 731 g/mol. The second kappa shape index (κ2) is 19.0. The van der Waals surface area contributed by atoms with Crippen molar-refractivity contribution in [3.8, 4) is 0 Å². The molecule has 10 radical (unpaired) electrons. The molecule has 0 spiro atoms. The third-order valence-corrected chi connectivity index (χ3v) is 18.6. The normalized spacial score (nSPS) is 53.2. The predicted molar refractivity (Wildman–Crippen MR) is 233 cm³/mol. The van der Waals surface area contributed by atoms with Gasteiger partial charge in [-0.25, -0.2) is 0 Å². The maximum atomic E-state index is 9.24. The van der Waals surface area contributed by atoms with Gasteiger partial charge in [0.2, 0.25) is 0 Å². The summed E-state index contributed by atoms with van der Waals surface area (Å²) in [4.78, 5) is 0. The molecule has 0 amide bonds. The van der Waals surface area contributed by atoms with Crippen molar-refractivity contribution in [1.29, 1.82) is 0 Å². The first-order valence-corrected chi connectivity index (χ1v) is 23.5. The second-order valence-corrected chi connectivity index (χ2v) is 20.0. The lowest BCUT2D eigenvalue weighted by Crippen LogP contribution is -2.42. The van der Waals surface area contributed by atoms with Crippen molar-refractivity contribution in [3.05, 3.63) is 0 Å². The van der Waals surface area contributed by atoms with Crippen LogP contribution in [0.4, 0.5) is 0 Å². The molecule has 14 heteroatoms. The Bertz CT molecular complexity index is 1200. The van der Waals surface area contributed by atoms with Crippen LogP contribution in [0.15, 0.2) is 0 Å². The van der Waals surface area contributed by atoms with Gasteiger partial charge in [0, 0.05) is 65.9 Å². The van der Waals surface area contributed by atoms with Crippen LogP contribution in [0.5, 0.6) is 0 Å². The molecule has 8 nitrogen and oxygen atoms in total. The van der Waals surface area contributed by atoms with Gasteiger partial charge in [-0.2, -0.15) is 11.8 Å². The molecule has 57 heavy (non-hydrogen) atoms. The van der Waals surface area contributed by atoms with Crippen LogP contribution in [-0.2, 0) is 33.2 Å². The molecule has 1 N–H and O–H groups in total. The van der Waals surface area contributed by atoms with Gasteiger partial charge in [-0.3, -0.25) is 0 Å². The number of hydrogen-bond acceptors (Lipinski definition) is 9. The molecule has 8 aliphatic heterocycles.